The summed E-state index contributed by atoms with van der Waals surface area (Å²) >= 11 is 0. The fourth-order valence-corrected chi connectivity index (χ4v) is 3.23. The van der Waals surface area contributed by atoms with Gasteiger partial charge in [0.05, 0.1) is 0 Å². The van der Waals surface area contributed by atoms with Gasteiger partial charge in [-0.25, -0.2) is 18.2 Å². The fourth-order valence-electron chi connectivity index (χ4n) is 3.23. The van der Waals surface area contributed by atoms with Crippen molar-refractivity contribution in [2.45, 2.75) is 19.1 Å². The Morgan fingerprint density at radius 3 is 2.07 bits per heavy atom. The van der Waals surface area contributed by atoms with Gasteiger partial charge < -0.3 is 4.74 Å². The molecule has 1 aliphatic rings. The van der Waals surface area contributed by atoms with Crippen LogP contribution in [0.15, 0.2) is 71.7 Å². The van der Waals surface area contributed by atoms with Crippen LogP contribution in [0, 0.1) is 17.5 Å². The molecular formula is C22H16F3NO. The van der Waals surface area contributed by atoms with Crippen molar-refractivity contribution in [1.82, 2.24) is 0 Å². The highest BCUT2D eigenvalue weighted by Gasteiger charge is 2.32. The first-order valence-electron chi connectivity index (χ1n) is 8.58. The van der Waals surface area contributed by atoms with E-state index in [1.54, 1.807) is 37.3 Å². The highest BCUT2D eigenvalue weighted by molar-refractivity contribution is 5.96. The number of aliphatic imine (C=N–C) groups is 1. The number of rotatable bonds is 3. The third-order valence-corrected chi connectivity index (χ3v) is 4.61. The number of ether oxygens (including phenoxy) is 1. The van der Waals surface area contributed by atoms with Gasteiger partial charge in [0, 0.05) is 5.56 Å². The molecule has 0 aliphatic carbocycles. The Bertz CT molecular complexity index is 994. The van der Waals surface area contributed by atoms with E-state index in [0.717, 1.165) is 11.1 Å². The molecule has 0 fully saturated rings. The summed E-state index contributed by atoms with van der Waals surface area (Å²) in [7, 11) is 0. The van der Waals surface area contributed by atoms with Crippen LogP contribution in [0.5, 0.6) is 0 Å². The molecule has 2 nitrogen and oxygen atoms in total. The molecule has 0 spiro atoms. The molecule has 0 N–H and O–H groups in total. The summed E-state index contributed by atoms with van der Waals surface area (Å²) in [6.45, 7) is 1.80. The average molecular weight is 367 g/mol. The van der Waals surface area contributed by atoms with Crippen LogP contribution in [0.4, 0.5) is 13.2 Å². The third kappa shape index (κ3) is 3.21. The van der Waals surface area contributed by atoms with E-state index in [4.69, 9.17) is 4.74 Å². The second kappa shape index (κ2) is 6.91. The fraction of sp³-hybridized carbons (Fsp3) is 0.136. The molecule has 1 aliphatic heterocycles. The van der Waals surface area contributed by atoms with Gasteiger partial charge >= 0.3 is 0 Å². The third-order valence-electron chi connectivity index (χ3n) is 4.61. The zero-order chi connectivity index (χ0) is 19.0. The van der Waals surface area contributed by atoms with E-state index < -0.39 is 17.7 Å². The van der Waals surface area contributed by atoms with Gasteiger partial charge in [-0.05, 0) is 36.2 Å². The molecule has 0 saturated heterocycles. The van der Waals surface area contributed by atoms with Crippen LogP contribution in [-0.2, 0) is 4.74 Å². The molecule has 3 aromatic carbocycles. The molecule has 0 bridgehead atoms. The van der Waals surface area contributed by atoms with E-state index in [9.17, 15) is 13.2 Å². The summed E-state index contributed by atoms with van der Waals surface area (Å²) in [6, 6.07) is 17.1. The van der Waals surface area contributed by atoms with Gasteiger partial charge in [-0.2, -0.15) is 0 Å². The van der Waals surface area contributed by atoms with Gasteiger partial charge in [0.15, 0.2) is 0 Å². The van der Waals surface area contributed by atoms with Crippen molar-refractivity contribution in [3.05, 3.63) is 95.3 Å². The van der Waals surface area contributed by atoms with Crippen LogP contribution in [0.3, 0.4) is 0 Å². The smallest absolute Gasteiger partial charge is 0.223 e. The highest BCUT2D eigenvalue weighted by atomic mass is 19.1. The maximum absolute atomic E-state index is 14.0. The topological polar surface area (TPSA) is 21.6 Å². The normalized spacial score (nSPS) is 18.9. The summed E-state index contributed by atoms with van der Waals surface area (Å²) in [4.78, 5) is 4.39. The van der Waals surface area contributed by atoms with Crippen LogP contribution in [0.2, 0.25) is 0 Å². The van der Waals surface area contributed by atoms with Crippen LogP contribution in [0.25, 0.3) is 11.1 Å². The predicted octanol–water partition coefficient (Wildman–Crippen LogP) is 5.68. The minimum atomic E-state index is -0.712. The Morgan fingerprint density at radius 2 is 1.41 bits per heavy atom. The number of halogens is 3. The molecule has 0 unspecified atom stereocenters. The molecule has 0 radical (unpaired) electrons. The van der Waals surface area contributed by atoms with Crippen molar-refractivity contribution < 1.29 is 17.9 Å². The lowest BCUT2D eigenvalue weighted by Crippen LogP contribution is -2.14. The molecule has 0 saturated carbocycles. The SMILES string of the molecule is C[C@@H]1OC(c2c(F)cccc2F)=N[C@H]1c1ccc(-c2ccccc2F)cc1. The van der Waals surface area contributed by atoms with Gasteiger partial charge in [-0.3, -0.25) is 0 Å². The number of hydrogen-bond acceptors (Lipinski definition) is 2. The molecule has 0 amide bonds. The summed E-state index contributed by atoms with van der Waals surface area (Å²) in [6.07, 6.45) is -0.377. The van der Waals surface area contributed by atoms with E-state index in [-0.39, 0.29) is 23.4 Å². The van der Waals surface area contributed by atoms with Crippen LogP contribution >= 0.6 is 0 Å². The largest absolute Gasteiger partial charge is 0.472 e. The highest BCUT2D eigenvalue weighted by Crippen LogP contribution is 2.33. The Labute approximate surface area is 155 Å². The van der Waals surface area contributed by atoms with Crippen LogP contribution < -0.4 is 0 Å². The van der Waals surface area contributed by atoms with Gasteiger partial charge in [-0.15, -0.1) is 0 Å². The number of nitrogens with zero attached hydrogens (tertiary/aromatic N) is 1. The molecule has 136 valence electrons. The van der Waals surface area contributed by atoms with Gasteiger partial charge in [0.2, 0.25) is 5.90 Å². The molecule has 1 heterocycles. The predicted molar refractivity (Wildman–Crippen MR) is 98.0 cm³/mol. The average Bonchev–Trinajstić information content (AvgIpc) is 3.03. The van der Waals surface area contributed by atoms with E-state index >= 15 is 0 Å². The standard InChI is InChI=1S/C22H16F3NO/c1-13-21(26-22(27-13)20-18(24)7-4-8-19(20)25)15-11-9-14(10-12-15)16-5-2-3-6-17(16)23/h2-13,21H,1H3/t13-,21+/m0/s1. The zero-order valence-corrected chi connectivity index (χ0v) is 14.5. The zero-order valence-electron chi connectivity index (χ0n) is 14.5. The van der Waals surface area contributed by atoms with E-state index in [1.165, 1.54) is 24.3 Å². The van der Waals surface area contributed by atoms with Crippen molar-refractivity contribution in [3.8, 4) is 11.1 Å². The lowest BCUT2D eigenvalue weighted by atomic mass is 9.99. The Kier molecular flexibility index (Phi) is 4.44. The first-order valence-corrected chi connectivity index (χ1v) is 8.58. The van der Waals surface area contributed by atoms with E-state index in [0.29, 0.717) is 5.56 Å². The summed E-state index contributed by atoms with van der Waals surface area (Å²) in [5, 5.41) is 0. The first kappa shape index (κ1) is 17.3. The number of hydrogen-bond donors (Lipinski definition) is 0. The minimum Gasteiger partial charge on any atom is -0.472 e. The van der Waals surface area contributed by atoms with Gasteiger partial charge in [0.25, 0.3) is 0 Å². The molecule has 2 atom stereocenters. The first-order chi connectivity index (χ1) is 13.0. The molecule has 0 aromatic heterocycles. The Balaban J connectivity index is 1.66. The number of benzene rings is 3. The second-order valence-corrected chi connectivity index (χ2v) is 6.40. The summed E-state index contributed by atoms with van der Waals surface area (Å²) in [5.74, 6) is -1.76. The van der Waals surface area contributed by atoms with Crippen molar-refractivity contribution in [1.29, 1.82) is 0 Å². The van der Waals surface area contributed by atoms with Crippen molar-refractivity contribution in [2.24, 2.45) is 4.99 Å². The molecule has 27 heavy (non-hydrogen) atoms. The minimum absolute atomic E-state index is 0.0405. The van der Waals surface area contributed by atoms with Crippen molar-refractivity contribution in [3.63, 3.8) is 0 Å². The molecular weight excluding hydrogens is 351 g/mol. The van der Waals surface area contributed by atoms with Gasteiger partial charge in [0.1, 0.15) is 35.2 Å². The lowest BCUT2D eigenvalue weighted by Gasteiger charge is -2.14. The Hall–Kier alpha value is -3.08. The van der Waals surface area contributed by atoms with E-state index in [2.05, 4.69) is 4.99 Å². The summed E-state index contributed by atoms with van der Waals surface area (Å²) in [5.41, 5.74) is 1.83. The Morgan fingerprint density at radius 1 is 0.778 bits per heavy atom. The monoisotopic (exact) mass is 367 g/mol. The second-order valence-electron chi connectivity index (χ2n) is 6.40. The summed E-state index contributed by atoms with van der Waals surface area (Å²) < 4.78 is 47.6. The molecule has 5 heteroatoms. The molecule has 4 rings (SSSR count). The quantitative estimate of drug-likeness (QED) is 0.584. The lowest BCUT2D eigenvalue weighted by molar-refractivity contribution is 0.213. The van der Waals surface area contributed by atoms with Crippen LogP contribution in [-0.4, -0.2) is 12.0 Å². The van der Waals surface area contributed by atoms with Crippen LogP contribution in [0.1, 0.15) is 24.1 Å². The van der Waals surface area contributed by atoms with Gasteiger partial charge in [-0.1, -0.05) is 48.5 Å². The van der Waals surface area contributed by atoms with E-state index in [1.807, 2.05) is 12.1 Å². The van der Waals surface area contributed by atoms with Crippen molar-refractivity contribution >= 4 is 5.90 Å². The maximum Gasteiger partial charge on any atom is 0.223 e. The molecule has 3 aromatic rings. The maximum atomic E-state index is 14.0. The van der Waals surface area contributed by atoms with Crippen molar-refractivity contribution in [2.75, 3.05) is 0 Å².